The van der Waals surface area contributed by atoms with Gasteiger partial charge in [-0.15, -0.1) is 0 Å². The number of imidazole rings is 1. The summed E-state index contributed by atoms with van der Waals surface area (Å²) in [5.74, 6) is 0.0334. The lowest BCUT2D eigenvalue weighted by molar-refractivity contribution is 0.0785. The summed E-state index contributed by atoms with van der Waals surface area (Å²) in [6, 6.07) is 7.68. The van der Waals surface area contributed by atoms with Crippen LogP contribution in [0.3, 0.4) is 0 Å². The number of carbonyl (C=O) groups excluding carboxylic acids is 1. The van der Waals surface area contributed by atoms with Gasteiger partial charge in [-0.1, -0.05) is 11.2 Å². The Morgan fingerprint density at radius 3 is 2.84 bits per heavy atom. The third kappa shape index (κ3) is 3.15. The van der Waals surface area contributed by atoms with Crippen molar-refractivity contribution in [1.29, 1.82) is 0 Å². The van der Waals surface area contributed by atoms with Crippen LogP contribution >= 0.6 is 0 Å². The molecule has 0 aromatic carbocycles. The predicted octanol–water partition coefficient (Wildman–Crippen LogP) is 2.19. The van der Waals surface area contributed by atoms with Crippen LogP contribution in [0, 0.1) is 0 Å². The van der Waals surface area contributed by atoms with Crippen LogP contribution in [0.1, 0.15) is 34.7 Å². The van der Waals surface area contributed by atoms with Crippen molar-refractivity contribution >= 4 is 11.6 Å². The molecule has 3 aromatic rings. The summed E-state index contributed by atoms with van der Waals surface area (Å²) in [5, 5.41) is 3.95. The average molecular weight is 339 g/mol. The van der Waals surface area contributed by atoms with Crippen LogP contribution in [0.15, 0.2) is 41.2 Å². The van der Waals surface area contributed by atoms with Crippen molar-refractivity contribution < 1.29 is 9.32 Å². The molecule has 0 bridgehead atoms. The van der Waals surface area contributed by atoms with Crippen molar-refractivity contribution in [2.24, 2.45) is 0 Å². The second kappa shape index (κ2) is 6.68. The summed E-state index contributed by atoms with van der Waals surface area (Å²) < 4.78 is 6.90. The molecule has 0 unspecified atom stereocenters. The van der Waals surface area contributed by atoms with E-state index < -0.39 is 0 Å². The molecule has 1 fully saturated rings. The van der Waals surface area contributed by atoms with Gasteiger partial charge < -0.3 is 13.8 Å². The maximum atomic E-state index is 12.9. The monoisotopic (exact) mass is 339 g/mol. The fourth-order valence-corrected chi connectivity index (χ4v) is 3.35. The first-order chi connectivity index (χ1) is 12.2. The number of pyridine rings is 1. The summed E-state index contributed by atoms with van der Waals surface area (Å²) in [5.41, 5.74) is 3.14. The van der Waals surface area contributed by atoms with E-state index in [4.69, 9.17) is 4.52 Å². The third-order valence-electron chi connectivity index (χ3n) is 4.57. The van der Waals surface area contributed by atoms with Gasteiger partial charge in [-0.05, 0) is 32.0 Å². The van der Waals surface area contributed by atoms with Gasteiger partial charge in [0.05, 0.1) is 11.4 Å². The highest BCUT2D eigenvalue weighted by atomic mass is 16.5. The fraction of sp³-hybridized carbons (Fsp3) is 0.389. The summed E-state index contributed by atoms with van der Waals surface area (Å²) in [4.78, 5) is 21.6. The Balaban J connectivity index is 1.65. The molecule has 1 saturated heterocycles. The van der Waals surface area contributed by atoms with Gasteiger partial charge >= 0.3 is 0 Å². The van der Waals surface area contributed by atoms with Crippen molar-refractivity contribution in [2.75, 3.05) is 20.1 Å². The zero-order valence-electron chi connectivity index (χ0n) is 14.3. The Morgan fingerprint density at radius 1 is 1.24 bits per heavy atom. The highest BCUT2D eigenvalue weighted by Crippen LogP contribution is 2.19. The number of carbonyl (C=O) groups is 1. The highest BCUT2D eigenvalue weighted by Gasteiger charge is 2.26. The van der Waals surface area contributed by atoms with E-state index in [0.29, 0.717) is 18.8 Å². The minimum absolute atomic E-state index is 0.0334. The number of fused-ring (bicyclic) bond motifs is 1. The Kier molecular flexibility index (Phi) is 4.23. The molecule has 25 heavy (non-hydrogen) atoms. The molecule has 0 radical (unpaired) electrons. The molecule has 0 N–H and O–H groups in total. The molecule has 4 heterocycles. The first kappa shape index (κ1) is 15.8. The predicted molar refractivity (Wildman–Crippen MR) is 92.0 cm³/mol. The van der Waals surface area contributed by atoms with Crippen molar-refractivity contribution in [3.8, 4) is 0 Å². The molecule has 1 amide bonds. The standard InChI is InChI=1S/C18H21N5O2/c1-21(12-14-7-11-25-20-14)13-15-17(18(24)22-8-4-5-9-22)19-16-6-2-3-10-23(15)16/h2-3,6-7,10-11H,4-5,8-9,12-13H2,1H3. The first-order valence-corrected chi connectivity index (χ1v) is 8.55. The number of nitrogens with zero attached hydrogens (tertiary/aromatic N) is 5. The zero-order chi connectivity index (χ0) is 17.2. The van der Waals surface area contributed by atoms with Crippen molar-refractivity contribution in [3.63, 3.8) is 0 Å². The van der Waals surface area contributed by atoms with Crippen LogP contribution in [0.5, 0.6) is 0 Å². The minimum atomic E-state index is 0.0334. The van der Waals surface area contributed by atoms with Crippen LogP contribution in [0.25, 0.3) is 5.65 Å². The van der Waals surface area contributed by atoms with Gasteiger partial charge in [0.2, 0.25) is 0 Å². The Labute approximate surface area is 145 Å². The topological polar surface area (TPSA) is 66.9 Å². The van der Waals surface area contributed by atoms with Crippen LogP contribution in [0.4, 0.5) is 0 Å². The zero-order valence-corrected chi connectivity index (χ0v) is 14.3. The Bertz CT molecular complexity index is 865. The quantitative estimate of drug-likeness (QED) is 0.713. The van der Waals surface area contributed by atoms with Gasteiger partial charge in [-0.2, -0.15) is 0 Å². The molecule has 0 spiro atoms. The second-order valence-electron chi connectivity index (χ2n) is 6.50. The minimum Gasteiger partial charge on any atom is -0.364 e. The van der Waals surface area contributed by atoms with E-state index >= 15 is 0 Å². The van der Waals surface area contributed by atoms with E-state index in [-0.39, 0.29) is 5.91 Å². The van der Waals surface area contributed by atoms with E-state index in [9.17, 15) is 4.79 Å². The molecule has 0 aliphatic carbocycles. The van der Waals surface area contributed by atoms with Crippen molar-refractivity contribution in [2.45, 2.75) is 25.9 Å². The van der Waals surface area contributed by atoms with Crippen molar-refractivity contribution in [3.05, 3.63) is 53.8 Å². The summed E-state index contributed by atoms with van der Waals surface area (Å²) in [7, 11) is 2.00. The number of likely N-dealkylation sites (tertiary alicyclic amines) is 1. The molecule has 130 valence electrons. The van der Waals surface area contributed by atoms with E-state index in [0.717, 1.165) is 43.0 Å². The highest BCUT2D eigenvalue weighted by molar-refractivity contribution is 5.94. The van der Waals surface area contributed by atoms with Crippen molar-refractivity contribution in [1.82, 2.24) is 24.3 Å². The van der Waals surface area contributed by atoms with Gasteiger partial charge in [0.1, 0.15) is 11.9 Å². The first-order valence-electron chi connectivity index (χ1n) is 8.55. The lowest BCUT2D eigenvalue weighted by Crippen LogP contribution is -2.30. The van der Waals surface area contributed by atoms with Gasteiger partial charge in [0.15, 0.2) is 5.69 Å². The van der Waals surface area contributed by atoms with Gasteiger partial charge in [0, 0.05) is 38.4 Å². The average Bonchev–Trinajstić information content (AvgIpc) is 3.35. The van der Waals surface area contributed by atoms with Crippen LogP contribution in [0.2, 0.25) is 0 Å². The normalized spacial score (nSPS) is 14.7. The Hall–Kier alpha value is -2.67. The molecular formula is C18H21N5O2. The molecule has 1 aliphatic rings. The number of amides is 1. The van der Waals surface area contributed by atoms with Gasteiger partial charge in [0.25, 0.3) is 5.91 Å². The van der Waals surface area contributed by atoms with E-state index in [2.05, 4.69) is 15.0 Å². The summed E-state index contributed by atoms with van der Waals surface area (Å²) in [6.45, 7) is 2.89. The SMILES string of the molecule is CN(Cc1ccon1)Cc1c(C(=O)N2CCCC2)nc2ccccn12. The number of hydrogen-bond donors (Lipinski definition) is 0. The van der Waals surface area contributed by atoms with Gasteiger partial charge in [-0.25, -0.2) is 4.98 Å². The molecule has 7 nitrogen and oxygen atoms in total. The molecule has 0 atom stereocenters. The molecule has 7 heteroatoms. The van der Waals surface area contributed by atoms with Crippen LogP contribution in [-0.2, 0) is 13.1 Å². The molecular weight excluding hydrogens is 318 g/mol. The number of aromatic nitrogens is 3. The molecule has 3 aromatic heterocycles. The molecule has 4 rings (SSSR count). The lowest BCUT2D eigenvalue weighted by atomic mass is 10.2. The van der Waals surface area contributed by atoms with E-state index in [1.807, 2.05) is 46.8 Å². The summed E-state index contributed by atoms with van der Waals surface area (Å²) in [6.07, 6.45) is 5.67. The van der Waals surface area contributed by atoms with E-state index in [1.54, 1.807) is 6.26 Å². The Morgan fingerprint density at radius 2 is 2.08 bits per heavy atom. The fourth-order valence-electron chi connectivity index (χ4n) is 3.35. The third-order valence-corrected chi connectivity index (χ3v) is 4.57. The van der Waals surface area contributed by atoms with Crippen LogP contribution in [-0.4, -0.2) is 50.4 Å². The molecule has 1 aliphatic heterocycles. The number of rotatable bonds is 5. The largest absolute Gasteiger partial charge is 0.364 e. The second-order valence-corrected chi connectivity index (χ2v) is 6.50. The van der Waals surface area contributed by atoms with E-state index in [1.165, 1.54) is 0 Å². The smallest absolute Gasteiger partial charge is 0.274 e. The molecule has 0 saturated carbocycles. The maximum Gasteiger partial charge on any atom is 0.274 e. The van der Waals surface area contributed by atoms with Gasteiger partial charge in [-0.3, -0.25) is 9.69 Å². The summed E-state index contributed by atoms with van der Waals surface area (Å²) >= 11 is 0. The lowest BCUT2D eigenvalue weighted by Gasteiger charge is -2.18. The number of hydrogen-bond acceptors (Lipinski definition) is 5. The maximum absolute atomic E-state index is 12.9. The van der Waals surface area contributed by atoms with Crippen LogP contribution < -0.4 is 0 Å².